The number of benzene rings is 1. The fourth-order valence-electron chi connectivity index (χ4n) is 3.26. The van der Waals surface area contributed by atoms with Crippen molar-refractivity contribution < 1.29 is 4.79 Å². The minimum absolute atomic E-state index is 0.0707. The van der Waals surface area contributed by atoms with Crippen LogP contribution >= 0.6 is 0 Å². The van der Waals surface area contributed by atoms with Crippen molar-refractivity contribution >= 4 is 11.6 Å². The molecular weight excluding hydrogens is 250 g/mol. The Kier molecular flexibility index (Phi) is 3.76. The average Bonchev–Trinajstić information content (AvgIpc) is 2.95. The normalized spacial score (nSPS) is 21.1. The number of fused-ring (bicyclic) bond motifs is 1. The van der Waals surface area contributed by atoms with Crippen LogP contribution in [-0.2, 0) is 11.2 Å². The van der Waals surface area contributed by atoms with E-state index >= 15 is 0 Å². The van der Waals surface area contributed by atoms with Gasteiger partial charge in [0.05, 0.1) is 0 Å². The van der Waals surface area contributed by atoms with Gasteiger partial charge in [-0.25, -0.2) is 0 Å². The number of hydrogen-bond donors (Lipinski definition) is 1. The SMILES string of the molecule is CN1C(=O)CCc2cc(C(N)CN3CCCC3)ccc21. The van der Waals surface area contributed by atoms with E-state index in [4.69, 9.17) is 5.73 Å². The van der Waals surface area contributed by atoms with E-state index < -0.39 is 0 Å². The van der Waals surface area contributed by atoms with Gasteiger partial charge in [0, 0.05) is 31.7 Å². The van der Waals surface area contributed by atoms with Gasteiger partial charge in [-0.05, 0) is 49.5 Å². The van der Waals surface area contributed by atoms with Gasteiger partial charge in [0.2, 0.25) is 5.91 Å². The molecule has 0 aliphatic carbocycles. The number of anilines is 1. The Labute approximate surface area is 120 Å². The molecular formula is C16H23N3O. The molecule has 2 heterocycles. The van der Waals surface area contributed by atoms with Crippen molar-refractivity contribution in [1.82, 2.24) is 4.90 Å². The Bertz CT molecular complexity index is 508. The molecule has 0 spiro atoms. The minimum atomic E-state index is 0.0707. The van der Waals surface area contributed by atoms with Crippen molar-refractivity contribution in [1.29, 1.82) is 0 Å². The van der Waals surface area contributed by atoms with Gasteiger partial charge >= 0.3 is 0 Å². The van der Waals surface area contributed by atoms with Gasteiger partial charge in [0.25, 0.3) is 0 Å². The molecule has 108 valence electrons. The number of nitrogens with zero attached hydrogens (tertiary/aromatic N) is 2. The average molecular weight is 273 g/mol. The summed E-state index contributed by atoms with van der Waals surface area (Å²) >= 11 is 0. The van der Waals surface area contributed by atoms with E-state index in [9.17, 15) is 4.79 Å². The van der Waals surface area contributed by atoms with Gasteiger partial charge in [-0.15, -0.1) is 0 Å². The van der Waals surface area contributed by atoms with E-state index in [1.807, 2.05) is 13.1 Å². The third-order valence-corrected chi connectivity index (χ3v) is 4.53. The highest BCUT2D eigenvalue weighted by molar-refractivity contribution is 5.95. The van der Waals surface area contributed by atoms with Crippen LogP contribution in [0.3, 0.4) is 0 Å². The highest BCUT2D eigenvalue weighted by atomic mass is 16.2. The summed E-state index contributed by atoms with van der Waals surface area (Å²) in [6.07, 6.45) is 4.03. The number of hydrogen-bond acceptors (Lipinski definition) is 3. The van der Waals surface area contributed by atoms with Crippen LogP contribution in [0.4, 0.5) is 5.69 Å². The number of carbonyl (C=O) groups excluding carboxylic acids is 1. The van der Waals surface area contributed by atoms with Gasteiger partial charge < -0.3 is 15.5 Å². The molecule has 1 amide bonds. The van der Waals surface area contributed by atoms with E-state index in [1.54, 1.807) is 4.90 Å². The molecule has 0 saturated carbocycles. The fourth-order valence-corrected chi connectivity index (χ4v) is 3.26. The van der Waals surface area contributed by atoms with Crippen molar-refractivity contribution in [2.45, 2.75) is 31.7 Å². The molecule has 20 heavy (non-hydrogen) atoms. The zero-order valence-electron chi connectivity index (χ0n) is 12.1. The van der Waals surface area contributed by atoms with Crippen LogP contribution in [0.5, 0.6) is 0 Å². The van der Waals surface area contributed by atoms with Gasteiger partial charge in [-0.3, -0.25) is 4.79 Å². The number of amides is 1. The Morgan fingerprint density at radius 3 is 2.75 bits per heavy atom. The standard InChI is InChI=1S/C16H23N3O/c1-18-15-6-4-12(10-13(15)5-7-16(18)20)14(17)11-19-8-2-3-9-19/h4,6,10,14H,2-3,5,7-9,11,17H2,1H3. The molecule has 1 saturated heterocycles. The predicted molar refractivity (Wildman–Crippen MR) is 80.8 cm³/mol. The zero-order chi connectivity index (χ0) is 14.1. The number of carbonyl (C=O) groups is 1. The summed E-state index contributed by atoms with van der Waals surface area (Å²) in [7, 11) is 1.85. The second-order valence-corrected chi connectivity index (χ2v) is 5.96. The summed E-state index contributed by atoms with van der Waals surface area (Å²) in [4.78, 5) is 15.9. The van der Waals surface area contributed by atoms with Gasteiger partial charge in [-0.2, -0.15) is 0 Å². The lowest BCUT2D eigenvalue weighted by Crippen LogP contribution is -2.32. The Morgan fingerprint density at radius 2 is 2.00 bits per heavy atom. The highest BCUT2D eigenvalue weighted by Crippen LogP contribution is 2.29. The summed E-state index contributed by atoms with van der Waals surface area (Å²) < 4.78 is 0. The molecule has 1 unspecified atom stereocenters. The molecule has 1 aromatic rings. The first-order chi connectivity index (χ1) is 9.65. The maximum absolute atomic E-state index is 11.7. The largest absolute Gasteiger partial charge is 0.323 e. The third-order valence-electron chi connectivity index (χ3n) is 4.53. The minimum Gasteiger partial charge on any atom is -0.323 e. The molecule has 0 aromatic heterocycles. The Balaban J connectivity index is 1.76. The van der Waals surface area contributed by atoms with Crippen molar-refractivity contribution in [3.05, 3.63) is 29.3 Å². The number of nitrogens with two attached hydrogens (primary N) is 1. The first kappa shape index (κ1) is 13.6. The lowest BCUT2D eigenvalue weighted by atomic mass is 9.96. The smallest absolute Gasteiger partial charge is 0.227 e. The highest BCUT2D eigenvalue weighted by Gasteiger charge is 2.22. The van der Waals surface area contributed by atoms with Crippen LogP contribution in [0.15, 0.2) is 18.2 Å². The van der Waals surface area contributed by atoms with Crippen molar-refractivity contribution in [2.24, 2.45) is 5.73 Å². The molecule has 1 atom stereocenters. The number of rotatable bonds is 3. The molecule has 2 aliphatic rings. The molecule has 4 nitrogen and oxygen atoms in total. The molecule has 0 bridgehead atoms. The summed E-state index contributed by atoms with van der Waals surface area (Å²) in [5, 5.41) is 0. The van der Waals surface area contributed by atoms with E-state index in [1.165, 1.54) is 37.1 Å². The summed E-state index contributed by atoms with van der Waals surface area (Å²) in [5.41, 5.74) is 9.83. The lowest BCUT2D eigenvalue weighted by Gasteiger charge is -2.27. The maximum Gasteiger partial charge on any atom is 0.227 e. The number of aryl methyl sites for hydroxylation is 1. The summed E-state index contributed by atoms with van der Waals surface area (Å²) in [6.45, 7) is 3.29. The second kappa shape index (κ2) is 5.54. The summed E-state index contributed by atoms with van der Waals surface area (Å²) in [6, 6.07) is 6.39. The number of likely N-dealkylation sites (tertiary alicyclic amines) is 1. The van der Waals surface area contributed by atoms with Gasteiger partial charge in [0.1, 0.15) is 0 Å². The lowest BCUT2D eigenvalue weighted by molar-refractivity contribution is -0.118. The van der Waals surface area contributed by atoms with Gasteiger partial charge in [0.15, 0.2) is 0 Å². The predicted octanol–water partition coefficient (Wildman–Crippen LogP) is 1.69. The molecule has 4 heteroatoms. The van der Waals surface area contributed by atoms with E-state index in [2.05, 4.69) is 17.0 Å². The molecule has 2 N–H and O–H groups in total. The first-order valence-corrected chi connectivity index (χ1v) is 7.52. The second-order valence-electron chi connectivity index (χ2n) is 5.96. The van der Waals surface area contributed by atoms with Crippen molar-refractivity contribution in [3.63, 3.8) is 0 Å². The Hall–Kier alpha value is -1.39. The Morgan fingerprint density at radius 1 is 1.25 bits per heavy atom. The van der Waals surface area contributed by atoms with Gasteiger partial charge in [-0.1, -0.05) is 12.1 Å². The van der Waals surface area contributed by atoms with Crippen LogP contribution in [0.25, 0.3) is 0 Å². The monoisotopic (exact) mass is 273 g/mol. The summed E-state index contributed by atoms with van der Waals surface area (Å²) in [5.74, 6) is 0.201. The molecule has 2 aliphatic heterocycles. The van der Waals surface area contributed by atoms with E-state index in [0.29, 0.717) is 6.42 Å². The van der Waals surface area contributed by atoms with Crippen LogP contribution in [0, 0.1) is 0 Å². The third kappa shape index (κ3) is 2.58. The topological polar surface area (TPSA) is 49.6 Å². The maximum atomic E-state index is 11.7. The van der Waals surface area contributed by atoms with Crippen molar-refractivity contribution in [2.75, 3.05) is 31.6 Å². The molecule has 0 radical (unpaired) electrons. The van der Waals surface area contributed by atoms with E-state index in [0.717, 1.165) is 18.7 Å². The first-order valence-electron chi connectivity index (χ1n) is 7.52. The molecule has 1 fully saturated rings. The van der Waals surface area contributed by atoms with Crippen LogP contribution in [0.2, 0.25) is 0 Å². The zero-order valence-corrected chi connectivity index (χ0v) is 12.1. The van der Waals surface area contributed by atoms with Crippen LogP contribution in [0.1, 0.15) is 36.4 Å². The van der Waals surface area contributed by atoms with Crippen molar-refractivity contribution in [3.8, 4) is 0 Å². The molecule has 3 rings (SSSR count). The molecule has 1 aromatic carbocycles. The quantitative estimate of drug-likeness (QED) is 0.912. The fraction of sp³-hybridized carbons (Fsp3) is 0.562. The van der Waals surface area contributed by atoms with Crippen LogP contribution in [-0.4, -0.2) is 37.5 Å². The van der Waals surface area contributed by atoms with Crippen LogP contribution < -0.4 is 10.6 Å². The van der Waals surface area contributed by atoms with E-state index in [-0.39, 0.29) is 11.9 Å².